The molecule has 1 saturated heterocycles. The number of halogens is 1. The molecule has 0 spiro atoms. The Kier molecular flexibility index (Phi) is 4.60. The van der Waals surface area contributed by atoms with Crippen LogP contribution >= 0.6 is 23.4 Å². The van der Waals surface area contributed by atoms with Crippen LogP contribution in [0.2, 0.25) is 5.02 Å². The van der Waals surface area contributed by atoms with E-state index < -0.39 is 0 Å². The molecule has 132 valence electrons. The van der Waals surface area contributed by atoms with Crippen molar-refractivity contribution < 1.29 is 4.79 Å². The van der Waals surface area contributed by atoms with E-state index in [1.54, 1.807) is 0 Å². The first-order valence-electron chi connectivity index (χ1n) is 8.53. The van der Waals surface area contributed by atoms with Crippen LogP contribution in [0.3, 0.4) is 0 Å². The molecule has 2 atom stereocenters. The van der Waals surface area contributed by atoms with Gasteiger partial charge in [-0.25, -0.2) is 4.68 Å². The first-order chi connectivity index (χ1) is 12.1. The van der Waals surface area contributed by atoms with Crippen LogP contribution in [0.25, 0.3) is 0 Å². The van der Waals surface area contributed by atoms with Gasteiger partial charge in [0, 0.05) is 18.1 Å². The summed E-state index contributed by atoms with van der Waals surface area (Å²) in [7, 11) is 0. The molecule has 4 rings (SSSR count). The van der Waals surface area contributed by atoms with Gasteiger partial charge in [-0.1, -0.05) is 35.5 Å². The largest absolute Gasteiger partial charge is 0.342 e. The van der Waals surface area contributed by atoms with Gasteiger partial charge in [0.25, 0.3) is 0 Å². The van der Waals surface area contributed by atoms with E-state index in [0.717, 1.165) is 42.5 Å². The van der Waals surface area contributed by atoms with Crippen molar-refractivity contribution in [3.8, 4) is 0 Å². The van der Waals surface area contributed by atoms with Crippen LogP contribution in [0.4, 0.5) is 0 Å². The predicted molar refractivity (Wildman–Crippen MR) is 98.4 cm³/mol. The molecule has 1 fully saturated rings. The fourth-order valence-corrected chi connectivity index (χ4v) is 4.70. The lowest BCUT2D eigenvalue weighted by Crippen LogP contribution is -2.47. The number of rotatable bonds is 2. The van der Waals surface area contributed by atoms with Crippen molar-refractivity contribution in [1.29, 1.82) is 0 Å². The lowest BCUT2D eigenvalue weighted by Gasteiger charge is -2.37. The maximum Gasteiger partial charge on any atom is 0.238 e. The van der Waals surface area contributed by atoms with Gasteiger partial charge in [-0.3, -0.25) is 4.79 Å². The van der Waals surface area contributed by atoms with Gasteiger partial charge < -0.3 is 10.3 Å². The molecule has 6 nitrogen and oxygen atoms in total. The molecule has 1 amide bonds. The third-order valence-corrected chi connectivity index (χ3v) is 6.19. The van der Waals surface area contributed by atoms with Crippen molar-refractivity contribution in [1.82, 2.24) is 19.8 Å². The number of piperidine rings is 1. The second-order valence-corrected chi connectivity index (χ2v) is 7.99. The van der Waals surface area contributed by atoms with Crippen LogP contribution in [-0.2, 0) is 4.79 Å². The van der Waals surface area contributed by atoms with Crippen molar-refractivity contribution >= 4 is 29.3 Å². The zero-order valence-corrected chi connectivity index (χ0v) is 15.6. The Morgan fingerprint density at radius 3 is 2.64 bits per heavy atom. The monoisotopic (exact) mass is 377 g/mol. The van der Waals surface area contributed by atoms with Gasteiger partial charge in [0.1, 0.15) is 11.1 Å². The number of benzene rings is 1. The summed E-state index contributed by atoms with van der Waals surface area (Å²) in [4.78, 5) is 15.2. The summed E-state index contributed by atoms with van der Waals surface area (Å²) in [6.45, 7) is 3.58. The zero-order valence-electron chi connectivity index (χ0n) is 14.0. The van der Waals surface area contributed by atoms with Crippen molar-refractivity contribution in [2.24, 2.45) is 0 Å². The van der Waals surface area contributed by atoms with E-state index >= 15 is 0 Å². The summed E-state index contributed by atoms with van der Waals surface area (Å²) >= 11 is 7.52. The number of amides is 1. The Balaban J connectivity index is 1.68. The summed E-state index contributed by atoms with van der Waals surface area (Å²) in [5.41, 5.74) is 4.46. The van der Waals surface area contributed by atoms with E-state index in [9.17, 15) is 4.79 Å². The lowest BCUT2D eigenvalue weighted by atomic mass is 10.0. The number of aryl methyl sites for hydroxylation is 1. The topological polar surface area (TPSA) is 63.1 Å². The van der Waals surface area contributed by atoms with Crippen molar-refractivity contribution in [2.45, 2.75) is 42.6 Å². The molecule has 0 bridgehead atoms. The Bertz CT molecular complexity index is 772. The number of carbonyl (C=O) groups excluding carboxylic acids is 1. The molecule has 25 heavy (non-hydrogen) atoms. The number of hydrogen-bond acceptors (Lipinski definition) is 5. The molecule has 0 unspecified atom stereocenters. The summed E-state index contributed by atoms with van der Waals surface area (Å²) in [5, 5.41) is 9.48. The second-order valence-electron chi connectivity index (χ2n) is 6.45. The molecule has 2 aromatic rings. The van der Waals surface area contributed by atoms with Crippen LogP contribution in [0, 0.1) is 6.92 Å². The third kappa shape index (κ3) is 3.22. The van der Waals surface area contributed by atoms with Crippen LogP contribution in [-0.4, -0.2) is 44.0 Å². The first-order valence-corrected chi connectivity index (χ1v) is 9.79. The SMILES string of the molecule is Cc1nnc2n1N[C@H](c1ccc(Cl)cc1)[C@H](C(=O)N1CCCCC1)S2. The van der Waals surface area contributed by atoms with E-state index in [4.69, 9.17) is 11.6 Å². The van der Waals surface area contributed by atoms with Crippen molar-refractivity contribution in [3.63, 3.8) is 0 Å². The smallest absolute Gasteiger partial charge is 0.238 e. The minimum atomic E-state index is -0.268. The molecule has 0 aliphatic carbocycles. The zero-order chi connectivity index (χ0) is 17.4. The molecule has 2 aliphatic heterocycles. The fourth-order valence-electron chi connectivity index (χ4n) is 3.36. The number of fused-ring (bicyclic) bond motifs is 1. The number of thioether (sulfide) groups is 1. The quantitative estimate of drug-likeness (QED) is 0.871. The van der Waals surface area contributed by atoms with Gasteiger partial charge in [-0.2, -0.15) is 0 Å². The van der Waals surface area contributed by atoms with Gasteiger partial charge in [0.05, 0.1) is 6.04 Å². The summed E-state index contributed by atoms with van der Waals surface area (Å²) in [6, 6.07) is 7.52. The molecular formula is C17H20ClN5OS. The highest BCUT2D eigenvalue weighted by molar-refractivity contribution is 8.00. The molecular weight excluding hydrogens is 358 g/mol. The molecule has 0 saturated carbocycles. The standard InChI is InChI=1S/C17H20ClN5OS/c1-11-19-20-17-23(11)21-14(12-5-7-13(18)8-6-12)15(25-17)16(24)22-9-3-2-4-10-22/h5-8,14-15,21H,2-4,9-10H2,1H3/t14-,15-/m1/s1. The Morgan fingerprint density at radius 1 is 1.20 bits per heavy atom. The van der Waals surface area contributed by atoms with E-state index in [0.29, 0.717) is 5.02 Å². The third-order valence-electron chi connectivity index (χ3n) is 4.74. The van der Waals surface area contributed by atoms with Crippen LogP contribution in [0.15, 0.2) is 29.4 Å². The number of nitrogens with zero attached hydrogens (tertiary/aromatic N) is 4. The Labute approximate surface area is 155 Å². The highest BCUT2D eigenvalue weighted by atomic mass is 35.5. The van der Waals surface area contributed by atoms with E-state index in [-0.39, 0.29) is 17.2 Å². The highest BCUT2D eigenvalue weighted by Crippen LogP contribution is 2.38. The number of aromatic nitrogens is 3. The van der Waals surface area contributed by atoms with Gasteiger partial charge in [-0.15, -0.1) is 10.2 Å². The molecule has 1 aromatic carbocycles. The van der Waals surface area contributed by atoms with Crippen molar-refractivity contribution in [3.05, 3.63) is 40.7 Å². The summed E-state index contributed by atoms with van der Waals surface area (Å²) in [6.07, 6.45) is 3.36. The lowest BCUT2D eigenvalue weighted by molar-refractivity contribution is -0.131. The maximum atomic E-state index is 13.2. The molecule has 1 N–H and O–H groups in total. The number of likely N-dealkylation sites (tertiary alicyclic amines) is 1. The van der Waals surface area contributed by atoms with Crippen LogP contribution < -0.4 is 5.43 Å². The molecule has 2 aliphatic rings. The fraction of sp³-hybridized carbons (Fsp3) is 0.471. The molecule has 3 heterocycles. The molecule has 1 aromatic heterocycles. The highest BCUT2D eigenvalue weighted by Gasteiger charge is 2.39. The average molecular weight is 378 g/mol. The van der Waals surface area contributed by atoms with Gasteiger partial charge in [0.15, 0.2) is 0 Å². The normalized spacial score (nSPS) is 23.0. The van der Waals surface area contributed by atoms with Crippen LogP contribution in [0.5, 0.6) is 0 Å². The van der Waals surface area contributed by atoms with E-state index in [1.807, 2.05) is 40.8 Å². The van der Waals surface area contributed by atoms with Gasteiger partial charge in [-0.05, 0) is 43.9 Å². The Morgan fingerprint density at radius 2 is 1.92 bits per heavy atom. The van der Waals surface area contributed by atoms with Crippen molar-refractivity contribution in [2.75, 3.05) is 18.5 Å². The number of nitrogens with one attached hydrogen (secondary N) is 1. The summed E-state index contributed by atoms with van der Waals surface area (Å²) in [5.74, 6) is 0.953. The molecule has 0 radical (unpaired) electrons. The van der Waals surface area contributed by atoms with Gasteiger partial charge >= 0.3 is 0 Å². The minimum absolute atomic E-state index is 0.154. The minimum Gasteiger partial charge on any atom is -0.342 e. The van der Waals surface area contributed by atoms with E-state index in [2.05, 4.69) is 15.6 Å². The average Bonchev–Trinajstić information content (AvgIpc) is 3.02. The second kappa shape index (κ2) is 6.88. The number of carbonyl (C=O) groups is 1. The van der Waals surface area contributed by atoms with E-state index in [1.165, 1.54) is 18.2 Å². The molecule has 8 heteroatoms. The predicted octanol–water partition coefficient (Wildman–Crippen LogP) is 3.01. The maximum absolute atomic E-state index is 13.2. The van der Waals surface area contributed by atoms with Gasteiger partial charge in [0.2, 0.25) is 11.1 Å². The van der Waals surface area contributed by atoms with Crippen LogP contribution in [0.1, 0.15) is 36.7 Å². The first kappa shape index (κ1) is 16.7. The number of hydrogen-bond donors (Lipinski definition) is 1. The Hall–Kier alpha value is -1.73. The summed E-state index contributed by atoms with van der Waals surface area (Å²) < 4.78 is 1.87.